The molecule has 0 amide bonds. The van der Waals surface area contributed by atoms with Gasteiger partial charge in [-0.2, -0.15) is 0 Å². The van der Waals surface area contributed by atoms with Crippen LogP contribution in [0.4, 0.5) is 11.4 Å². The SMILES string of the molecule is O=C=NC(N=C=O)(Nc1ccccc1)Nc1ccccc1. The maximum atomic E-state index is 10.7. The summed E-state index contributed by atoms with van der Waals surface area (Å²) in [6.07, 6.45) is 2.82. The Kier molecular flexibility index (Phi) is 4.62. The molecule has 0 aliphatic carbocycles. The van der Waals surface area contributed by atoms with E-state index in [0.717, 1.165) is 0 Å². The van der Waals surface area contributed by atoms with Gasteiger partial charge in [0.1, 0.15) is 0 Å². The van der Waals surface area contributed by atoms with Gasteiger partial charge in [-0.1, -0.05) is 36.4 Å². The summed E-state index contributed by atoms with van der Waals surface area (Å²) in [4.78, 5) is 28.6. The van der Waals surface area contributed by atoms with Crippen LogP contribution in [0.25, 0.3) is 0 Å². The van der Waals surface area contributed by atoms with Gasteiger partial charge in [-0.15, -0.1) is 9.98 Å². The van der Waals surface area contributed by atoms with E-state index in [1.54, 1.807) is 48.5 Å². The minimum atomic E-state index is -1.69. The van der Waals surface area contributed by atoms with Crippen LogP contribution in [0, 0.1) is 0 Å². The highest BCUT2D eigenvalue weighted by molar-refractivity contribution is 5.55. The number of nitrogens with one attached hydrogen (secondary N) is 2. The first kappa shape index (κ1) is 14.2. The molecular formula is C15H12N4O2. The molecule has 6 nitrogen and oxygen atoms in total. The lowest BCUT2D eigenvalue weighted by Crippen LogP contribution is -2.42. The first-order chi connectivity index (χ1) is 10.3. The Balaban J connectivity index is 2.37. The van der Waals surface area contributed by atoms with Gasteiger partial charge in [0, 0.05) is 11.4 Å². The highest BCUT2D eigenvalue weighted by Gasteiger charge is 2.29. The standard InChI is InChI=1S/C15H12N4O2/c20-11-16-15(17-12-21,18-13-7-3-1-4-8-13)19-14-9-5-2-6-10-14/h1-10,18-19H. The minimum Gasteiger partial charge on any atom is -0.323 e. The lowest BCUT2D eigenvalue weighted by molar-refractivity contribution is 0.523. The van der Waals surface area contributed by atoms with Gasteiger partial charge in [0.15, 0.2) is 0 Å². The summed E-state index contributed by atoms with van der Waals surface area (Å²) in [7, 11) is 0. The van der Waals surface area contributed by atoms with Crippen LogP contribution in [0.15, 0.2) is 70.6 Å². The Hall–Kier alpha value is -3.20. The molecule has 0 spiro atoms. The Bertz CT molecular complexity index is 614. The lowest BCUT2D eigenvalue weighted by atomic mass is 10.3. The number of isocyanates is 2. The molecule has 0 radical (unpaired) electrons. The van der Waals surface area contributed by atoms with Crippen LogP contribution < -0.4 is 10.6 Å². The second-order valence-electron chi connectivity index (χ2n) is 4.06. The number of aliphatic imine (C=N–C) groups is 2. The van der Waals surface area contributed by atoms with Gasteiger partial charge in [-0.3, -0.25) is 0 Å². The number of nitrogens with zero attached hydrogens (tertiary/aromatic N) is 2. The normalized spacial score (nSPS) is 9.90. The smallest absolute Gasteiger partial charge is 0.323 e. The molecule has 0 saturated heterocycles. The highest BCUT2D eigenvalue weighted by Crippen LogP contribution is 2.20. The second kappa shape index (κ2) is 6.82. The maximum absolute atomic E-state index is 10.7. The average molecular weight is 280 g/mol. The predicted octanol–water partition coefficient (Wildman–Crippen LogP) is 2.49. The molecule has 0 bridgehead atoms. The van der Waals surface area contributed by atoms with Crippen molar-refractivity contribution < 1.29 is 9.59 Å². The zero-order valence-electron chi connectivity index (χ0n) is 11.0. The summed E-state index contributed by atoms with van der Waals surface area (Å²) in [5.41, 5.74) is 1.25. The molecule has 104 valence electrons. The molecule has 2 aromatic rings. The van der Waals surface area contributed by atoms with Crippen LogP contribution in [0.5, 0.6) is 0 Å². The maximum Gasteiger partial charge on any atom is 0.329 e. The van der Waals surface area contributed by atoms with Crippen LogP contribution in [0.1, 0.15) is 0 Å². The molecule has 2 rings (SSSR count). The Morgan fingerprint density at radius 1 is 0.714 bits per heavy atom. The third-order valence-electron chi connectivity index (χ3n) is 2.60. The van der Waals surface area contributed by atoms with Crippen molar-refractivity contribution in [2.24, 2.45) is 9.98 Å². The highest BCUT2D eigenvalue weighted by atomic mass is 16.1. The van der Waals surface area contributed by atoms with Gasteiger partial charge in [0.2, 0.25) is 12.2 Å². The van der Waals surface area contributed by atoms with Crippen molar-refractivity contribution in [2.45, 2.75) is 5.91 Å². The molecule has 0 aliphatic heterocycles. The molecule has 2 aromatic carbocycles. The first-order valence-electron chi connectivity index (χ1n) is 6.12. The summed E-state index contributed by atoms with van der Waals surface area (Å²) < 4.78 is 0. The van der Waals surface area contributed by atoms with Gasteiger partial charge in [0.25, 0.3) is 0 Å². The fourth-order valence-electron chi connectivity index (χ4n) is 1.75. The van der Waals surface area contributed by atoms with Crippen LogP contribution in [0.3, 0.4) is 0 Å². The van der Waals surface area contributed by atoms with E-state index < -0.39 is 5.91 Å². The Labute approximate surface area is 121 Å². The fraction of sp³-hybridized carbons (Fsp3) is 0.0667. The summed E-state index contributed by atoms with van der Waals surface area (Å²) >= 11 is 0. The van der Waals surface area contributed by atoms with Gasteiger partial charge in [-0.05, 0) is 24.3 Å². The lowest BCUT2D eigenvalue weighted by Gasteiger charge is -2.26. The van der Waals surface area contributed by atoms with E-state index in [2.05, 4.69) is 20.6 Å². The second-order valence-corrected chi connectivity index (χ2v) is 4.06. The fourth-order valence-corrected chi connectivity index (χ4v) is 1.75. The zero-order valence-corrected chi connectivity index (χ0v) is 11.0. The third kappa shape index (κ3) is 3.88. The van der Waals surface area contributed by atoms with Crippen molar-refractivity contribution in [2.75, 3.05) is 10.6 Å². The van der Waals surface area contributed by atoms with E-state index in [1.807, 2.05) is 12.1 Å². The third-order valence-corrected chi connectivity index (χ3v) is 2.60. The number of rotatable bonds is 6. The van der Waals surface area contributed by atoms with Gasteiger partial charge < -0.3 is 10.6 Å². The molecule has 6 heteroatoms. The topological polar surface area (TPSA) is 82.9 Å². The predicted molar refractivity (Wildman–Crippen MR) is 79.1 cm³/mol. The van der Waals surface area contributed by atoms with Crippen molar-refractivity contribution >= 4 is 23.5 Å². The van der Waals surface area contributed by atoms with Crippen molar-refractivity contribution in [1.29, 1.82) is 0 Å². The van der Waals surface area contributed by atoms with Gasteiger partial charge in [-0.25, -0.2) is 9.59 Å². The van der Waals surface area contributed by atoms with E-state index in [1.165, 1.54) is 12.2 Å². The molecule has 2 N–H and O–H groups in total. The quantitative estimate of drug-likeness (QED) is 0.484. The van der Waals surface area contributed by atoms with Gasteiger partial charge in [0.05, 0.1) is 0 Å². The van der Waals surface area contributed by atoms with Crippen LogP contribution >= 0.6 is 0 Å². The zero-order chi connectivity index (χ0) is 15.0. The van der Waals surface area contributed by atoms with Crippen LogP contribution in [-0.2, 0) is 9.59 Å². The number of para-hydroxylation sites is 2. The molecule has 21 heavy (non-hydrogen) atoms. The molecule has 0 fully saturated rings. The molecule has 0 aromatic heterocycles. The number of carbonyl (C=O) groups excluding carboxylic acids is 2. The van der Waals surface area contributed by atoms with Crippen molar-refractivity contribution in [3.05, 3.63) is 60.7 Å². The van der Waals surface area contributed by atoms with E-state index in [4.69, 9.17) is 0 Å². The summed E-state index contributed by atoms with van der Waals surface area (Å²) in [5, 5.41) is 5.75. The van der Waals surface area contributed by atoms with E-state index >= 15 is 0 Å². The Morgan fingerprint density at radius 3 is 1.43 bits per heavy atom. The van der Waals surface area contributed by atoms with E-state index in [-0.39, 0.29) is 0 Å². The van der Waals surface area contributed by atoms with Crippen LogP contribution in [-0.4, -0.2) is 18.1 Å². The molecule has 0 saturated carbocycles. The average Bonchev–Trinajstić information content (AvgIpc) is 2.50. The Morgan fingerprint density at radius 2 is 1.10 bits per heavy atom. The number of anilines is 2. The molecular weight excluding hydrogens is 268 g/mol. The molecule has 0 atom stereocenters. The molecule has 0 unspecified atom stereocenters. The van der Waals surface area contributed by atoms with Gasteiger partial charge >= 0.3 is 5.91 Å². The number of hydrogen-bond acceptors (Lipinski definition) is 6. The number of benzene rings is 2. The molecule has 0 heterocycles. The van der Waals surface area contributed by atoms with E-state index in [9.17, 15) is 9.59 Å². The van der Waals surface area contributed by atoms with Crippen molar-refractivity contribution in [3.63, 3.8) is 0 Å². The monoisotopic (exact) mass is 280 g/mol. The summed E-state index contributed by atoms with van der Waals surface area (Å²) in [6.45, 7) is 0. The summed E-state index contributed by atoms with van der Waals surface area (Å²) in [6, 6.07) is 17.9. The van der Waals surface area contributed by atoms with E-state index in [0.29, 0.717) is 11.4 Å². The van der Waals surface area contributed by atoms with Crippen molar-refractivity contribution in [1.82, 2.24) is 0 Å². The van der Waals surface area contributed by atoms with Crippen LogP contribution in [0.2, 0.25) is 0 Å². The summed E-state index contributed by atoms with van der Waals surface area (Å²) in [5.74, 6) is -1.69. The molecule has 0 aliphatic rings. The number of hydrogen-bond donors (Lipinski definition) is 2. The minimum absolute atomic E-state index is 0.624. The first-order valence-corrected chi connectivity index (χ1v) is 6.12. The van der Waals surface area contributed by atoms with Crippen molar-refractivity contribution in [3.8, 4) is 0 Å². The largest absolute Gasteiger partial charge is 0.329 e.